The van der Waals surface area contributed by atoms with Gasteiger partial charge < -0.3 is 15.2 Å². The average molecular weight is 283 g/mol. The summed E-state index contributed by atoms with van der Waals surface area (Å²) >= 11 is 0. The second-order valence-corrected chi connectivity index (χ2v) is 7.61. The van der Waals surface area contributed by atoms with Crippen molar-refractivity contribution in [3.05, 3.63) is 0 Å². The SMILES string of the molecule is CC1(C)CCCC(NCC(O)COC2CCCCC2)C1. The first-order chi connectivity index (χ1) is 9.55. The summed E-state index contributed by atoms with van der Waals surface area (Å²) in [5.74, 6) is 0. The Hall–Kier alpha value is -0.120. The fourth-order valence-electron chi connectivity index (χ4n) is 3.71. The lowest BCUT2D eigenvalue weighted by Crippen LogP contribution is -2.42. The molecular formula is C17H33NO2. The Balaban J connectivity index is 1.58. The Bertz CT molecular complexity index is 274. The van der Waals surface area contributed by atoms with Gasteiger partial charge in [0.15, 0.2) is 0 Å². The molecule has 2 aliphatic carbocycles. The smallest absolute Gasteiger partial charge is 0.0897 e. The minimum atomic E-state index is -0.359. The molecule has 2 unspecified atom stereocenters. The van der Waals surface area contributed by atoms with Crippen molar-refractivity contribution < 1.29 is 9.84 Å². The van der Waals surface area contributed by atoms with Crippen LogP contribution >= 0.6 is 0 Å². The molecule has 2 aliphatic rings. The van der Waals surface area contributed by atoms with Crippen molar-refractivity contribution in [2.75, 3.05) is 13.2 Å². The lowest BCUT2D eigenvalue weighted by Gasteiger charge is -2.36. The molecular weight excluding hydrogens is 250 g/mol. The van der Waals surface area contributed by atoms with Crippen molar-refractivity contribution in [3.8, 4) is 0 Å². The third-order valence-electron chi connectivity index (χ3n) is 4.92. The Morgan fingerprint density at radius 1 is 1.15 bits per heavy atom. The third-order valence-corrected chi connectivity index (χ3v) is 4.92. The Morgan fingerprint density at radius 3 is 2.60 bits per heavy atom. The summed E-state index contributed by atoms with van der Waals surface area (Å²) in [6.45, 7) is 5.87. The Morgan fingerprint density at radius 2 is 1.90 bits per heavy atom. The number of rotatable bonds is 6. The van der Waals surface area contributed by atoms with Gasteiger partial charge in [0, 0.05) is 12.6 Å². The molecule has 20 heavy (non-hydrogen) atoms. The van der Waals surface area contributed by atoms with E-state index in [0.717, 1.165) is 0 Å². The van der Waals surface area contributed by atoms with Gasteiger partial charge in [0.2, 0.25) is 0 Å². The van der Waals surface area contributed by atoms with Crippen molar-refractivity contribution in [3.63, 3.8) is 0 Å². The minimum Gasteiger partial charge on any atom is -0.389 e. The van der Waals surface area contributed by atoms with Crippen LogP contribution in [0.1, 0.15) is 71.6 Å². The minimum absolute atomic E-state index is 0.359. The van der Waals surface area contributed by atoms with Crippen LogP contribution in [0.3, 0.4) is 0 Å². The monoisotopic (exact) mass is 283 g/mol. The molecule has 0 heterocycles. The highest BCUT2D eigenvalue weighted by Gasteiger charge is 2.27. The maximum atomic E-state index is 10.1. The molecule has 2 fully saturated rings. The largest absolute Gasteiger partial charge is 0.389 e. The molecule has 0 aromatic heterocycles. The summed E-state index contributed by atoms with van der Waals surface area (Å²) in [4.78, 5) is 0. The number of hydrogen-bond donors (Lipinski definition) is 2. The van der Waals surface area contributed by atoms with E-state index in [1.54, 1.807) is 0 Å². The fourth-order valence-corrected chi connectivity index (χ4v) is 3.71. The van der Waals surface area contributed by atoms with Gasteiger partial charge in [0.05, 0.1) is 18.8 Å². The molecule has 3 heteroatoms. The summed E-state index contributed by atoms with van der Waals surface area (Å²) in [6, 6.07) is 0.572. The van der Waals surface area contributed by atoms with Crippen LogP contribution in [0.15, 0.2) is 0 Å². The van der Waals surface area contributed by atoms with Crippen LogP contribution in [0.25, 0.3) is 0 Å². The summed E-state index contributed by atoms with van der Waals surface area (Å²) in [6.07, 6.45) is 11.4. The molecule has 2 atom stereocenters. The molecule has 3 nitrogen and oxygen atoms in total. The lowest BCUT2D eigenvalue weighted by atomic mass is 9.75. The van der Waals surface area contributed by atoms with Crippen molar-refractivity contribution in [2.45, 2.75) is 89.9 Å². The van der Waals surface area contributed by atoms with Crippen molar-refractivity contribution >= 4 is 0 Å². The second kappa shape index (κ2) is 7.77. The first-order valence-electron chi connectivity index (χ1n) is 8.58. The summed E-state index contributed by atoms with van der Waals surface area (Å²) in [7, 11) is 0. The molecule has 0 saturated heterocycles. The van der Waals surface area contributed by atoms with E-state index in [2.05, 4.69) is 19.2 Å². The summed E-state index contributed by atoms with van der Waals surface area (Å²) in [5.41, 5.74) is 0.458. The number of aliphatic hydroxyl groups excluding tert-OH is 1. The van der Waals surface area contributed by atoms with Crippen LogP contribution in [0.2, 0.25) is 0 Å². The predicted molar refractivity (Wildman–Crippen MR) is 82.9 cm³/mol. The number of ether oxygens (including phenoxy) is 1. The molecule has 0 bridgehead atoms. The highest BCUT2D eigenvalue weighted by atomic mass is 16.5. The summed E-state index contributed by atoms with van der Waals surface area (Å²) < 4.78 is 5.84. The highest BCUT2D eigenvalue weighted by Crippen LogP contribution is 2.35. The molecule has 0 radical (unpaired) electrons. The van der Waals surface area contributed by atoms with Gasteiger partial charge in [-0.1, -0.05) is 39.5 Å². The molecule has 0 aliphatic heterocycles. The van der Waals surface area contributed by atoms with Gasteiger partial charge in [-0.05, 0) is 37.5 Å². The lowest BCUT2D eigenvalue weighted by molar-refractivity contribution is -0.0242. The topological polar surface area (TPSA) is 41.5 Å². The van der Waals surface area contributed by atoms with Crippen LogP contribution in [-0.2, 0) is 4.74 Å². The first kappa shape index (κ1) is 16.3. The predicted octanol–water partition coefficient (Wildman–Crippen LogP) is 3.26. The summed E-state index contributed by atoms with van der Waals surface area (Å²) in [5, 5.41) is 13.6. The maximum absolute atomic E-state index is 10.1. The molecule has 118 valence electrons. The Kier molecular flexibility index (Phi) is 6.31. The van der Waals surface area contributed by atoms with E-state index in [-0.39, 0.29) is 6.10 Å². The molecule has 0 spiro atoms. The molecule has 0 aromatic rings. The Labute approximate surface area is 124 Å². The number of nitrogens with one attached hydrogen (secondary N) is 1. The van der Waals surface area contributed by atoms with Crippen molar-refractivity contribution in [1.29, 1.82) is 0 Å². The normalized spacial score (nSPS) is 29.2. The van der Waals surface area contributed by atoms with Crippen LogP contribution in [0.4, 0.5) is 0 Å². The van der Waals surface area contributed by atoms with Gasteiger partial charge in [0.1, 0.15) is 0 Å². The van der Waals surface area contributed by atoms with E-state index in [4.69, 9.17) is 4.74 Å². The van der Waals surface area contributed by atoms with Gasteiger partial charge >= 0.3 is 0 Å². The quantitative estimate of drug-likeness (QED) is 0.786. The molecule has 2 N–H and O–H groups in total. The zero-order valence-electron chi connectivity index (χ0n) is 13.4. The van der Waals surface area contributed by atoms with Gasteiger partial charge in [-0.2, -0.15) is 0 Å². The number of hydrogen-bond acceptors (Lipinski definition) is 3. The van der Waals surface area contributed by atoms with Gasteiger partial charge in [0.25, 0.3) is 0 Å². The van der Waals surface area contributed by atoms with E-state index in [0.29, 0.717) is 30.7 Å². The van der Waals surface area contributed by atoms with E-state index >= 15 is 0 Å². The van der Waals surface area contributed by atoms with Gasteiger partial charge in [-0.25, -0.2) is 0 Å². The molecule has 2 saturated carbocycles. The average Bonchev–Trinajstić information content (AvgIpc) is 2.43. The standard InChI is InChI=1S/C17H33NO2/c1-17(2)10-6-7-14(11-17)18-12-15(19)13-20-16-8-4-3-5-9-16/h14-16,18-19H,3-13H2,1-2H3. The van der Waals surface area contributed by atoms with E-state index < -0.39 is 0 Å². The number of aliphatic hydroxyl groups is 1. The van der Waals surface area contributed by atoms with Gasteiger partial charge in [-0.15, -0.1) is 0 Å². The van der Waals surface area contributed by atoms with E-state index in [9.17, 15) is 5.11 Å². The van der Waals surface area contributed by atoms with Crippen LogP contribution < -0.4 is 5.32 Å². The zero-order chi connectivity index (χ0) is 14.4. The van der Waals surface area contributed by atoms with Gasteiger partial charge in [-0.3, -0.25) is 0 Å². The first-order valence-corrected chi connectivity index (χ1v) is 8.58. The zero-order valence-corrected chi connectivity index (χ0v) is 13.4. The van der Waals surface area contributed by atoms with Crippen LogP contribution in [0.5, 0.6) is 0 Å². The van der Waals surface area contributed by atoms with Crippen LogP contribution in [0, 0.1) is 5.41 Å². The maximum Gasteiger partial charge on any atom is 0.0897 e. The molecule has 0 amide bonds. The third kappa shape index (κ3) is 5.71. The van der Waals surface area contributed by atoms with E-state index in [1.807, 2.05) is 0 Å². The fraction of sp³-hybridized carbons (Fsp3) is 1.00. The van der Waals surface area contributed by atoms with Crippen molar-refractivity contribution in [2.24, 2.45) is 5.41 Å². The van der Waals surface area contributed by atoms with Crippen LogP contribution in [-0.4, -0.2) is 36.5 Å². The molecule has 0 aromatic carbocycles. The molecule has 2 rings (SSSR count). The van der Waals surface area contributed by atoms with Crippen molar-refractivity contribution in [1.82, 2.24) is 5.32 Å². The second-order valence-electron chi connectivity index (χ2n) is 7.61. The highest BCUT2D eigenvalue weighted by molar-refractivity contribution is 4.83. The van der Waals surface area contributed by atoms with E-state index in [1.165, 1.54) is 57.8 Å².